The van der Waals surface area contributed by atoms with Gasteiger partial charge in [-0.1, -0.05) is 12.8 Å². The van der Waals surface area contributed by atoms with Crippen molar-refractivity contribution < 1.29 is 19.4 Å². The van der Waals surface area contributed by atoms with Crippen LogP contribution in [0.25, 0.3) is 0 Å². The first-order chi connectivity index (χ1) is 17.4. The van der Waals surface area contributed by atoms with Crippen molar-refractivity contribution in [2.24, 2.45) is 0 Å². The number of nitrogens with one attached hydrogen (secondary N) is 1. The first-order valence-corrected chi connectivity index (χ1v) is 12.9. The fraction of sp³-hybridized carbons (Fsp3) is 0.519. The summed E-state index contributed by atoms with van der Waals surface area (Å²) in [4.78, 5) is 36.5. The van der Waals surface area contributed by atoms with Crippen LogP contribution in [-0.2, 0) is 4.79 Å². The van der Waals surface area contributed by atoms with Gasteiger partial charge in [-0.05, 0) is 62.9 Å². The second kappa shape index (κ2) is 9.97. The Balaban J connectivity index is 1.40. The van der Waals surface area contributed by atoms with E-state index in [-0.39, 0.29) is 24.0 Å². The summed E-state index contributed by atoms with van der Waals surface area (Å²) >= 11 is 0. The van der Waals surface area contributed by atoms with Crippen LogP contribution in [-0.4, -0.2) is 72.2 Å². The number of likely N-dealkylation sites (N-methyl/N-ethyl adjacent to an activating group) is 1. The fourth-order valence-electron chi connectivity index (χ4n) is 5.65. The Kier molecular flexibility index (Phi) is 6.75. The Morgan fingerprint density at radius 3 is 2.53 bits per heavy atom. The summed E-state index contributed by atoms with van der Waals surface area (Å²) in [7, 11) is 3.39. The summed E-state index contributed by atoms with van der Waals surface area (Å²) in [6.45, 7) is 3.06. The molecule has 1 aliphatic carbocycles. The van der Waals surface area contributed by atoms with E-state index in [2.05, 4.69) is 10.2 Å². The second-order valence-electron chi connectivity index (χ2n) is 10.0. The molecule has 9 nitrogen and oxygen atoms in total. The number of amides is 2. The molecule has 1 aromatic carbocycles. The number of benzene rings is 1. The number of piperidine rings is 1. The molecule has 5 rings (SSSR count). The summed E-state index contributed by atoms with van der Waals surface area (Å²) < 4.78 is 5.61. The van der Waals surface area contributed by atoms with Gasteiger partial charge in [0.15, 0.2) is 5.82 Å². The number of pyridine rings is 1. The lowest BCUT2D eigenvalue weighted by atomic mass is 10.1. The van der Waals surface area contributed by atoms with E-state index >= 15 is 0 Å². The summed E-state index contributed by atoms with van der Waals surface area (Å²) in [5.74, 6) is 2.04. The number of aromatic nitrogens is 1. The number of aliphatic hydroxyl groups excluding tert-OH is 1. The van der Waals surface area contributed by atoms with Gasteiger partial charge in [-0.2, -0.15) is 0 Å². The summed E-state index contributed by atoms with van der Waals surface area (Å²) in [6.07, 6.45) is 5.35. The number of carbonyl (C=O) groups excluding carboxylic acids is 2. The predicted molar refractivity (Wildman–Crippen MR) is 139 cm³/mol. The van der Waals surface area contributed by atoms with Crippen molar-refractivity contribution in [2.75, 3.05) is 42.4 Å². The number of likely N-dealkylation sites (tertiary alicyclic amines) is 1. The first-order valence-electron chi connectivity index (χ1n) is 12.9. The highest BCUT2D eigenvalue weighted by Gasteiger charge is 2.39. The number of carbonyl (C=O) groups is 2. The molecular weight excluding hydrogens is 458 g/mol. The molecule has 0 unspecified atom stereocenters. The average Bonchev–Trinajstić information content (AvgIpc) is 3.42. The van der Waals surface area contributed by atoms with E-state index in [1.807, 2.05) is 25.1 Å². The highest BCUT2D eigenvalue weighted by Crippen LogP contribution is 2.40. The molecular formula is C27H35N5O4. The van der Waals surface area contributed by atoms with E-state index in [0.29, 0.717) is 54.8 Å². The van der Waals surface area contributed by atoms with Crippen LogP contribution in [0.4, 0.5) is 23.0 Å². The summed E-state index contributed by atoms with van der Waals surface area (Å²) in [5, 5.41) is 13.1. The van der Waals surface area contributed by atoms with Crippen molar-refractivity contribution in [1.82, 2.24) is 9.88 Å². The van der Waals surface area contributed by atoms with Gasteiger partial charge in [-0.3, -0.25) is 9.59 Å². The Hall–Kier alpha value is -3.33. The maximum atomic E-state index is 13.0. The van der Waals surface area contributed by atoms with Crippen LogP contribution in [0.15, 0.2) is 30.3 Å². The van der Waals surface area contributed by atoms with E-state index in [1.54, 1.807) is 36.1 Å². The Bertz CT molecular complexity index is 1140. The van der Waals surface area contributed by atoms with Crippen molar-refractivity contribution in [3.63, 3.8) is 0 Å². The molecule has 0 bridgehead atoms. The van der Waals surface area contributed by atoms with E-state index < -0.39 is 0 Å². The first kappa shape index (κ1) is 24.4. The van der Waals surface area contributed by atoms with E-state index in [1.165, 1.54) is 12.8 Å². The molecule has 1 saturated carbocycles. The topological polar surface area (TPSA) is 98.2 Å². The lowest BCUT2D eigenvalue weighted by Crippen LogP contribution is -2.54. The quantitative estimate of drug-likeness (QED) is 0.657. The summed E-state index contributed by atoms with van der Waals surface area (Å²) in [6, 6.07) is 9.22. The zero-order chi connectivity index (χ0) is 25.4. The third-order valence-corrected chi connectivity index (χ3v) is 7.75. The second-order valence-corrected chi connectivity index (χ2v) is 10.0. The Morgan fingerprint density at radius 1 is 1.11 bits per heavy atom. The zero-order valence-corrected chi connectivity index (χ0v) is 21.2. The third kappa shape index (κ3) is 4.48. The van der Waals surface area contributed by atoms with E-state index in [4.69, 9.17) is 9.72 Å². The number of rotatable bonds is 5. The predicted octanol–water partition coefficient (Wildman–Crippen LogP) is 3.54. The minimum atomic E-state index is -0.329. The Morgan fingerprint density at radius 2 is 1.83 bits per heavy atom. The molecule has 2 aliphatic heterocycles. The lowest BCUT2D eigenvalue weighted by molar-refractivity contribution is -0.119. The van der Waals surface area contributed by atoms with Gasteiger partial charge in [-0.25, -0.2) is 4.98 Å². The maximum absolute atomic E-state index is 13.0. The van der Waals surface area contributed by atoms with Crippen LogP contribution in [0.5, 0.6) is 5.75 Å². The average molecular weight is 494 g/mol. The molecule has 0 spiro atoms. The van der Waals surface area contributed by atoms with Crippen molar-refractivity contribution in [1.29, 1.82) is 0 Å². The number of ether oxygens (including phenoxy) is 1. The van der Waals surface area contributed by atoms with Gasteiger partial charge in [0.2, 0.25) is 5.91 Å². The standard InChI is InChI=1S/C27H35N5O4/c1-17-26(34)30(2)22-10-11-24(29-25(22)32(17)19-6-4-5-7-19)28-21-9-8-18(16-23(21)36-3)27(35)31-14-12-20(33)13-15-31/h8-11,16-17,19-20,33H,4-7,12-15H2,1-3H3,(H,28,29)/t17-/m1/s1. The van der Waals surface area contributed by atoms with Gasteiger partial charge in [0.05, 0.1) is 24.6 Å². The number of methoxy groups -OCH3 is 1. The molecule has 3 heterocycles. The van der Waals surface area contributed by atoms with Crippen LogP contribution in [0.2, 0.25) is 0 Å². The molecule has 3 aliphatic rings. The third-order valence-electron chi connectivity index (χ3n) is 7.75. The van der Waals surface area contributed by atoms with Crippen LogP contribution < -0.4 is 19.9 Å². The number of hydrogen-bond donors (Lipinski definition) is 2. The number of anilines is 4. The monoisotopic (exact) mass is 493 g/mol. The summed E-state index contributed by atoms with van der Waals surface area (Å²) in [5.41, 5.74) is 2.07. The van der Waals surface area contributed by atoms with Gasteiger partial charge >= 0.3 is 0 Å². The number of hydrogen-bond acceptors (Lipinski definition) is 7. The van der Waals surface area contributed by atoms with Crippen molar-refractivity contribution >= 4 is 34.8 Å². The van der Waals surface area contributed by atoms with Crippen LogP contribution in [0, 0.1) is 0 Å². The largest absolute Gasteiger partial charge is 0.495 e. The maximum Gasteiger partial charge on any atom is 0.253 e. The normalized spacial score (nSPS) is 21.1. The van der Waals surface area contributed by atoms with Gasteiger partial charge in [0.1, 0.15) is 17.6 Å². The lowest BCUT2D eigenvalue weighted by Gasteiger charge is -2.42. The van der Waals surface area contributed by atoms with Crippen LogP contribution >= 0.6 is 0 Å². The van der Waals surface area contributed by atoms with Crippen molar-refractivity contribution in [3.8, 4) is 5.75 Å². The smallest absolute Gasteiger partial charge is 0.253 e. The highest BCUT2D eigenvalue weighted by molar-refractivity contribution is 6.04. The molecule has 1 saturated heterocycles. The van der Waals surface area contributed by atoms with Gasteiger partial charge in [0.25, 0.3) is 5.91 Å². The minimum absolute atomic E-state index is 0.0625. The van der Waals surface area contributed by atoms with E-state index in [0.717, 1.165) is 24.3 Å². The molecule has 2 aromatic rings. The number of aliphatic hydroxyl groups is 1. The number of nitrogens with zero attached hydrogens (tertiary/aromatic N) is 4. The van der Waals surface area contributed by atoms with Crippen molar-refractivity contribution in [2.45, 2.75) is 63.6 Å². The van der Waals surface area contributed by atoms with Gasteiger partial charge < -0.3 is 29.9 Å². The zero-order valence-electron chi connectivity index (χ0n) is 21.2. The van der Waals surface area contributed by atoms with Crippen LogP contribution in [0.3, 0.4) is 0 Å². The van der Waals surface area contributed by atoms with Crippen LogP contribution in [0.1, 0.15) is 55.8 Å². The SMILES string of the molecule is COc1cc(C(=O)N2CCC(O)CC2)ccc1Nc1ccc2c(n1)N(C1CCCC1)[C@H](C)C(=O)N2C. The molecule has 2 amide bonds. The van der Waals surface area contributed by atoms with Gasteiger partial charge in [0, 0.05) is 31.7 Å². The molecule has 1 aromatic heterocycles. The van der Waals surface area contributed by atoms with Gasteiger partial charge in [-0.15, -0.1) is 0 Å². The fourth-order valence-corrected chi connectivity index (χ4v) is 5.65. The molecule has 2 N–H and O–H groups in total. The number of fused-ring (bicyclic) bond motifs is 1. The molecule has 192 valence electrons. The minimum Gasteiger partial charge on any atom is -0.495 e. The van der Waals surface area contributed by atoms with E-state index in [9.17, 15) is 14.7 Å². The molecule has 1 atom stereocenters. The molecule has 36 heavy (non-hydrogen) atoms. The molecule has 0 radical (unpaired) electrons. The molecule has 9 heteroatoms. The van der Waals surface area contributed by atoms with Crippen molar-refractivity contribution in [3.05, 3.63) is 35.9 Å². The Labute approximate surface area is 212 Å². The molecule has 2 fully saturated rings. The highest BCUT2D eigenvalue weighted by atomic mass is 16.5.